The number of ether oxygens (including phenoxy) is 1. The molecule has 170 valence electrons. The largest absolute Gasteiger partial charge is 0.490 e. The normalized spacial score (nSPS) is 19.6. The third-order valence-electron chi connectivity index (χ3n) is 4.84. The maximum Gasteiger partial charge on any atom is 0.490 e. The van der Waals surface area contributed by atoms with Crippen molar-refractivity contribution >= 4 is 35.0 Å². The van der Waals surface area contributed by atoms with Gasteiger partial charge >= 0.3 is 12.1 Å². The summed E-state index contributed by atoms with van der Waals surface area (Å²) in [4.78, 5) is 27.7. The van der Waals surface area contributed by atoms with Crippen LogP contribution in [0, 0.1) is 6.92 Å². The molecule has 2 saturated heterocycles. The first-order valence-electron chi connectivity index (χ1n) is 9.23. The Hall–Kier alpha value is -2.12. The molecule has 8 nitrogen and oxygen atoms in total. The molecule has 1 unspecified atom stereocenters. The van der Waals surface area contributed by atoms with Crippen LogP contribution >= 0.6 is 23.1 Å². The molecule has 0 radical (unpaired) electrons. The zero-order valence-corrected chi connectivity index (χ0v) is 18.4. The molecule has 0 saturated carbocycles. The molecular weight excluding hydrogens is 457 g/mol. The summed E-state index contributed by atoms with van der Waals surface area (Å²) in [5, 5.41) is 14.3. The molecule has 1 amide bonds. The number of carbonyl (C=O) groups excluding carboxylic acids is 1. The third kappa shape index (κ3) is 5.77. The summed E-state index contributed by atoms with van der Waals surface area (Å²) in [6, 6.07) is 1.77. The maximum atomic E-state index is 12.5. The second-order valence-electron chi connectivity index (χ2n) is 7.29. The number of carboxylic acids is 1. The Balaban J connectivity index is 0.000000339. The molecule has 2 aliphatic rings. The average Bonchev–Trinajstić information content (AvgIpc) is 3.37. The monoisotopic (exact) mass is 478 g/mol. The lowest BCUT2D eigenvalue weighted by Gasteiger charge is -2.47. The fraction of sp³-hybridized carbons (Fsp3) is 0.556. The Labute approximate surface area is 184 Å². The van der Waals surface area contributed by atoms with Gasteiger partial charge in [-0.3, -0.25) is 9.48 Å². The van der Waals surface area contributed by atoms with Crippen LogP contribution in [0.2, 0.25) is 0 Å². The summed E-state index contributed by atoms with van der Waals surface area (Å²) in [6.45, 7) is 4.20. The van der Waals surface area contributed by atoms with Crippen molar-refractivity contribution < 1.29 is 32.6 Å². The quantitative estimate of drug-likeness (QED) is 0.722. The van der Waals surface area contributed by atoms with Crippen molar-refractivity contribution in [2.24, 2.45) is 7.05 Å². The molecule has 0 bridgehead atoms. The number of amides is 1. The Kier molecular flexibility index (Phi) is 6.96. The van der Waals surface area contributed by atoms with Crippen LogP contribution in [0.25, 0.3) is 0 Å². The van der Waals surface area contributed by atoms with Gasteiger partial charge in [0.05, 0.1) is 28.2 Å². The predicted octanol–water partition coefficient (Wildman–Crippen LogP) is 2.74. The molecule has 1 atom stereocenters. The Bertz CT molecular complexity index is 940. The topological polar surface area (TPSA) is 97.5 Å². The number of likely N-dealkylation sites (tertiary alicyclic amines) is 1. The summed E-state index contributed by atoms with van der Waals surface area (Å²) in [5.74, 6) is -1.69. The van der Waals surface area contributed by atoms with E-state index in [1.807, 2.05) is 23.6 Å². The number of aliphatic carboxylic acids is 1. The second kappa shape index (κ2) is 9.17. The highest BCUT2D eigenvalue weighted by Crippen LogP contribution is 2.46. The van der Waals surface area contributed by atoms with Gasteiger partial charge in [0.2, 0.25) is 0 Å². The van der Waals surface area contributed by atoms with Gasteiger partial charge in [-0.25, -0.2) is 9.78 Å². The fourth-order valence-corrected chi connectivity index (χ4v) is 5.50. The van der Waals surface area contributed by atoms with E-state index in [0.717, 1.165) is 36.0 Å². The van der Waals surface area contributed by atoms with Crippen LogP contribution < -0.4 is 0 Å². The number of halogens is 3. The zero-order valence-electron chi connectivity index (χ0n) is 16.8. The smallest absolute Gasteiger partial charge is 0.475 e. The van der Waals surface area contributed by atoms with Crippen LogP contribution in [-0.4, -0.2) is 72.5 Å². The molecule has 2 fully saturated rings. The number of alkyl halides is 3. The minimum atomic E-state index is -5.08. The Morgan fingerprint density at radius 2 is 2.06 bits per heavy atom. The van der Waals surface area contributed by atoms with Crippen LogP contribution in [0.4, 0.5) is 13.2 Å². The van der Waals surface area contributed by atoms with Gasteiger partial charge in [-0.1, -0.05) is 0 Å². The van der Waals surface area contributed by atoms with Crippen LogP contribution in [-0.2, 0) is 23.2 Å². The number of nitrogens with zero attached hydrogens (tertiary/aromatic N) is 4. The van der Waals surface area contributed by atoms with E-state index in [4.69, 9.17) is 14.6 Å². The number of aryl methyl sites for hydroxylation is 2. The van der Waals surface area contributed by atoms with Gasteiger partial charge < -0.3 is 14.7 Å². The second-order valence-corrected chi connectivity index (χ2v) is 9.84. The molecule has 2 aromatic heterocycles. The van der Waals surface area contributed by atoms with Gasteiger partial charge in [-0.15, -0.1) is 23.1 Å². The van der Waals surface area contributed by atoms with E-state index in [2.05, 4.69) is 15.5 Å². The lowest BCUT2D eigenvalue weighted by Crippen LogP contribution is -2.61. The van der Waals surface area contributed by atoms with E-state index < -0.39 is 12.1 Å². The van der Waals surface area contributed by atoms with Gasteiger partial charge in [-0.2, -0.15) is 18.3 Å². The van der Waals surface area contributed by atoms with Gasteiger partial charge in [0.15, 0.2) is 0 Å². The van der Waals surface area contributed by atoms with Gasteiger partial charge in [0.25, 0.3) is 5.91 Å². The number of thiazole rings is 1. The molecule has 31 heavy (non-hydrogen) atoms. The standard InChI is InChI=1S/C16H20N4O2S2.C2HF3O2/c1-11-18-12(7-23-11)6-22-13-5-16(24-8-13)9-20(10-16)15(21)14-3-4-17-19(14)2;3-2(4,5)1(6)7/h3-4,7,13H,5-6,8-10H2,1-2H3;(H,6,7). The molecule has 2 aliphatic heterocycles. The van der Waals surface area contributed by atoms with Crippen LogP contribution in [0.1, 0.15) is 27.6 Å². The maximum absolute atomic E-state index is 12.5. The van der Waals surface area contributed by atoms with Gasteiger partial charge in [-0.05, 0) is 19.4 Å². The Morgan fingerprint density at radius 3 is 2.58 bits per heavy atom. The molecule has 0 aromatic carbocycles. The number of hydrogen-bond acceptors (Lipinski definition) is 7. The summed E-state index contributed by atoms with van der Waals surface area (Å²) >= 11 is 3.60. The van der Waals surface area contributed by atoms with Crippen LogP contribution in [0.15, 0.2) is 17.6 Å². The predicted molar refractivity (Wildman–Crippen MR) is 108 cm³/mol. The highest BCUT2D eigenvalue weighted by atomic mass is 32.2. The molecule has 4 rings (SSSR count). The fourth-order valence-electron chi connectivity index (χ4n) is 3.35. The van der Waals surface area contributed by atoms with E-state index in [1.54, 1.807) is 35.3 Å². The first-order chi connectivity index (χ1) is 14.5. The highest BCUT2D eigenvalue weighted by molar-refractivity contribution is 8.01. The van der Waals surface area contributed by atoms with Gasteiger partial charge in [0, 0.05) is 37.5 Å². The highest BCUT2D eigenvalue weighted by Gasteiger charge is 2.51. The number of carbonyl (C=O) groups is 2. The number of aromatic nitrogens is 3. The van der Waals surface area contributed by atoms with E-state index in [0.29, 0.717) is 12.3 Å². The molecule has 1 spiro atoms. The summed E-state index contributed by atoms with van der Waals surface area (Å²) in [5.41, 5.74) is 1.67. The molecule has 1 N–H and O–H groups in total. The first-order valence-corrected chi connectivity index (χ1v) is 11.1. The summed E-state index contributed by atoms with van der Waals surface area (Å²) in [7, 11) is 1.80. The van der Waals surface area contributed by atoms with Crippen LogP contribution in [0.5, 0.6) is 0 Å². The lowest BCUT2D eigenvalue weighted by atomic mass is 9.92. The average molecular weight is 479 g/mol. The molecule has 4 heterocycles. The summed E-state index contributed by atoms with van der Waals surface area (Å²) < 4.78 is 39.6. The van der Waals surface area contributed by atoms with Crippen molar-refractivity contribution in [3.8, 4) is 0 Å². The third-order valence-corrected chi connectivity index (χ3v) is 7.23. The minimum Gasteiger partial charge on any atom is -0.475 e. The van der Waals surface area contributed by atoms with E-state index in [9.17, 15) is 18.0 Å². The van der Waals surface area contributed by atoms with Crippen molar-refractivity contribution in [2.75, 3.05) is 18.8 Å². The SMILES string of the molecule is Cc1nc(COC2CSC3(C2)CN(C(=O)c2ccnn2C)C3)cs1.O=C(O)C(F)(F)F. The van der Waals surface area contributed by atoms with E-state index in [-0.39, 0.29) is 16.8 Å². The number of rotatable bonds is 4. The van der Waals surface area contributed by atoms with Crippen molar-refractivity contribution in [1.29, 1.82) is 0 Å². The number of hydrogen-bond donors (Lipinski definition) is 1. The minimum absolute atomic E-state index is 0.0727. The van der Waals surface area contributed by atoms with Crippen molar-refractivity contribution in [2.45, 2.75) is 37.0 Å². The first kappa shape index (κ1) is 23.5. The Morgan fingerprint density at radius 1 is 1.39 bits per heavy atom. The van der Waals surface area contributed by atoms with Crippen LogP contribution in [0.3, 0.4) is 0 Å². The lowest BCUT2D eigenvalue weighted by molar-refractivity contribution is -0.192. The molecular formula is C18H21F3N4O4S2. The van der Waals surface area contributed by atoms with Crippen molar-refractivity contribution in [3.63, 3.8) is 0 Å². The zero-order chi connectivity index (χ0) is 22.8. The number of carboxylic acid groups (broad SMARTS) is 1. The molecule has 2 aromatic rings. The van der Waals surface area contributed by atoms with E-state index in [1.165, 1.54) is 0 Å². The van der Waals surface area contributed by atoms with Crippen molar-refractivity contribution in [3.05, 3.63) is 34.0 Å². The van der Waals surface area contributed by atoms with Crippen molar-refractivity contribution in [1.82, 2.24) is 19.7 Å². The summed E-state index contributed by atoms with van der Waals surface area (Å²) in [6.07, 6.45) is -2.15. The molecule has 13 heteroatoms. The van der Waals surface area contributed by atoms with Gasteiger partial charge in [0.1, 0.15) is 5.69 Å². The van der Waals surface area contributed by atoms with E-state index >= 15 is 0 Å². The number of thioether (sulfide) groups is 1. The molecule has 0 aliphatic carbocycles.